The summed E-state index contributed by atoms with van der Waals surface area (Å²) in [5.74, 6) is -2.03. The first kappa shape index (κ1) is 28.8. The predicted octanol–water partition coefficient (Wildman–Crippen LogP) is 4.88. The van der Waals surface area contributed by atoms with Crippen molar-refractivity contribution in [3.63, 3.8) is 0 Å². The van der Waals surface area contributed by atoms with Gasteiger partial charge in [0, 0.05) is 19.4 Å². The molecule has 1 N–H and O–H groups in total. The molecule has 1 saturated carbocycles. The van der Waals surface area contributed by atoms with Crippen LogP contribution in [0.5, 0.6) is 0 Å². The lowest BCUT2D eigenvalue weighted by atomic mass is 9.45. The SMILES string of the molecule is C=CC(C)=CC[C@@]1(C)[C@H]2C[C@H](O)C=C3[C@@H](OC(C)=O)O[C@H](OC(C)=O)[C@@]32[C@@H](OC(=O)c2ccccc2)C[C@@H]1C. The van der Waals surface area contributed by atoms with Gasteiger partial charge in [0.2, 0.25) is 12.6 Å². The van der Waals surface area contributed by atoms with Gasteiger partial charge >= 0.3 is 17.9 Å². The molecule has 0 aromatic heterocycles. The highest BCUT2D eigenvalue weighted by Gasteiger charge is 2.72. The average molecular weight is 539 g/mol. The van der Waals surface area contributed by atoms with Crippen molar-refractivity contribution in [1.82, 2.24) is 0 Å². The van der Waals surface area contributed by atoms with E-state index in [1.54, 1.807) is 36.4 Å². The van der Waals surface area contributed by atoms with Crippen LogP contribution in [0, 0.1) is 22.7 Å². The molecule has 39 heavy (non-hydrogen) atoms. The van der Waals surface area contributed by atoms with Crippen molar-refractivity contribution in [2.45, 2.75) is 78.7 Å². The van der Waals surface area contributed by atoms with Crippen LogP contribution in [0.25, 0.3) is 0 Å². The minimum absolute atomic E-state index is 0.0351. The molecule has 1 spiro atoms. The van der Waals surface area contributed by atoms with Gasteiger partial charge in [-0.2, -0.15) is 0 Å². The number of benzene rings is 1. The molecule has 1 heterocycles. The molecular weight excluding hydrogens is 500 g/mol. The van der Waals surface area contributed by atoms with E-state index >= 15 is 0 Å². The van der Waals surface area contributed by atoms with Crippen molar-refractivity contribution in [3.05, 3.63) is 71.8 Å². The van der Waals surface area contributed by atoms with Crippen LogP contribution in [0.4, 0.5) is 0 Å². The Morgan fingerprint density at radius 2 is 1.74 bits per heavy atom. The number of aliphatic hydroxyl groups is 1. The fraction of sp³-hybridized carbons (Fsp3) is 0.516. The van der Waals surface area contributed by atoms with Crippen LogP contribution < -0.4 is 0 Å². The summed E-state index contributed by atoms with van der Waals surface area (Å²) in [5, 5.41) is 11.1. The maximum Gasteiger partial charge on any atom is 0.338 e. The number of carbonyl (C=O) groups excluding carboxylic acids is 3. The van der Waals surface area contributed by atoms with Gasteiger partial charge in [-0.15, -0.1) is 0 Å². The zero-order valence-corrected chi connectivity index (χ0v) is 23.2. The Balaban J connectivity index is 1.91. The maximum absolute atomic E-state index is 13.4. The van der Waals surface area contributed by atoms with E-state index in [2.05, 4.69) is 26.5 Å². The second-order valence-corrected chi connectivity index (χ2v) is 11.2. The van der Waals surface area contributed by atoms with Gasteiger partial charge in [-0.1, -0.05) is 56.4 Å². The van der Waals surface area contributed by atoms with Crippen LogP contribution in [0.15, 0.2) is 66.3 Å². The van der Waals surface area contributed by atoms with E-state index in [1.807, 2.05) is 13.0 Å². The number of rotatable bonds is 7. The summed E-state index contributed by atoms with van der Waals surface area (Å²) < 4.78 is 23.7. The van der Waals surface area contributed by atoms with Crippen molar-refractivity contribution >= 4 is 17.9 Å². The van der Waals surface area contributed by atoms with Gasteiger partial charge in [0.25, 0.3) is 0 Å². The van der Waals surface area contributed by atoms with Crippen molar-refractivity contribution in [3.8, 4) is 0 Å². The van der Waals surface area contributed by atoms with Crippen LogP contribution in [-0.2, 0) is 28.5 Å². The average Bonchev–Trinajstić information content (AvgIpc) is 3.17. The van der Waals surface area contributed by atoms with E-state index in [0.717, 1.165) is 5.57 Å². The number of ether oxygens (including phenoxy) is 4. The molecule has 8 nitrogen and oxygen atoms in total. The molecule has 0 unspecified atom stereocenters. The zero-order valence-electron chi connectivity index (χ0n) is 23.2. The van der Waals surface area contributed by atoms with E-state index in [9.17, 15) is 19.5 Å². The quantitative estimate of drug-likeness (QED) is 0.226. The molecule has 0 radical (unpaired) electrons. The Labute approximate surface area is 229 Å². The van der Waals surface area contributed by atoms with E-state index in [1.165, 1.54) is 13.8 Å². The first-order chi connectivity index (χ1) is 18.4. The highest BCUT2D eigenvalue weighted by Crippen LogP contribution is 2.67. The molecule has 210 valence electrons. The fourth-order valence-electron chi connectivity index (χ4n) is 6.69. The third kappa shape index (κ3) is 5.20. The van der Waals surface area contributed by atoms with Crippen molar-refractivity contribution in [1.29, 1.82) is 0 Å². The summed E-state index contributed by atoms with van der Waals surface area (Å²) in [5.41, 5.74) is 0.233. The third-order valence-electron chi connectivity index (χ3n) is 8.83. The smallest absolute Gasteiger partial charge is 0.338 e. The highest BCUT2D eigenvalue weighted by molar-refractivity contribution is 5.89. The lowest BCUT2D eigenvalue weighted by Gasteiger charge is -2.60. The first-order valence-corrected chi connectivity index (χ1v) is 13.4. The Bertz CT molecular complexity index is 1190. The fourth-order valence-corrected chi connectivity index (χ4v) is 6.69. The largest absolute Gasteiger partial charge is 0.458 e. The van der Waals surface area contributed by atoms with Gasteiger partial charge in [0.1, 0.15) is 11.5 Å². The van der Waals surface area contributed by atoms with Gasteiger partial charge < -0.3 is 19.3 Å². The molecule has 8 heteroatoms. The van der Waals surface area contributed by atoms with Gasteiger partial charge in [-0.25, -0.2) is 4.79 Å². The molecule has 2 aliphatic carbocycles. The molecule has 0 amide bonds. The number of hydrogen-bond donors (Lipinski definition) is 1. The van der Waals surface area contributed by atoms with Crippen molar-refractivity contribution in [2.75, 3.05) is 0 Å². The molecule has 8 atom stereocenters. The summed E-state index contributed by atoms with van der Waals surface area (Å²) in [6.07, 6.45) is 2.85. The number of hydrogen-bond acceptors (Lipinski definition) is 8. The molecule has 1 saturated heterocycles. The first-order valence-electron chi connectivity index (χ1n) is 13.4. The van der Waals surface area contributed by atoms with Crippen LogP contribution in [-0.4, -0.2) is 47.8 Å². The minimum atomic E-state index is -1.20. The Morgan fingerprint density at radius 1 is 1.08 bits per heavy atom. The van der Waals surface area contributed by atoms with Crippen molar-refractivity contribution in [2.24, 2.45) is 22.7 Å². The Morgan fingerprint density at radius 3 is 2.36 bits per heavy atom. The number of carbonyl (C=O) groups is 3. The van der Waals surface area contributed by atoms with Crippen LogP contribution >= 0.6 is 0 Å². The summed E-state index contributed by atoms with van der Waals surface area (Å²) >= 11 is 0. The Kier molecular flexibility index (Phi) is 8.19. The van der Waals surface area contributed by atoms with E-state index in [-0.39, 0.29) is 11.8 Å². The third-order valence-corrected chi connectivity index (χ3v) is 8.83. The molecule has 3 aliphatic rings. The van der Waals surface area contributed by atoms with Crippen LogP contribution in [0.3, 0.4) is 0 Å². The van der Waals surface area contributed by atoms with E-state index in [4.69, 9.17) is 18.9 Å². The lowest BCUT2D eigenvalue weighted by molar-refractivity contribution is -0.253. The lowest BCUT2D eigenvalue weighted by Crippen LogP contribution is -2.63. The second-order valence-electron chi connectivity index (χ2n) is 11.2. The summed E-state index contributed by atoms with van der Waals surface area (Å²) in [4.78, 5) is 37.8. The summed E-state index contributed by atoms with van der Waals surface area (Å²) in [6, 6.07) is 8.67. The molecule has 0 bridgehead atoms. The van der Waals surface area contributed by atoms with E-state index < -0.39 is 53.5 Å². The second kappa shape index (κ2) is 11.1. The van der Waals surface area contributed by atoms with E-state index in [0.29, 0.717) is 30.4 Å². The number of allylic oxidation sites excluding steroid dienone is 3. The molecule has 4 rings (SSSR count). The van der Waals surface area contributed by atoms with Crippen LogP contribution in [0.1, 0.15) is 64.2 Å². The summed E-state index contributed by atoms with van der Waals surface area (Å²) in [7, 11) is 0. The molecule has 2 fully saturated rings. The number of aliphatic hydroxyl groups excluding tert-OH is 1. The van der Waals surface area contributed by atoms with Gasteiger partial charge in [0.15, 0.2) is 0 Å². The molecular formula is C31H38O8. The van der Waals surface area contributed by atoms with Gasteiger partial charge in [-0.3, -0.25) is 14.3 Å². The van der Waals surface area contributed by atoms with Gasteiger partial charge in [-0.05, 0) is 61.6 Å². The molecule has 1 aromatic carbocycles. The standard InChI is InChI=1S/C31H38O8/c1-7-18(2)13-14-30(6)19(3)15-26(38-27(35)22-11-9-8-10-12-22)31-24(16-23(34)17-25(30)31)28(36-20(4)32)39-29(31)37-21(5)33/h7-13,16,19,23,25-26,28-29,34H,1,14-15,17H2,2-6H3/t19-,23+,25+,26-,28-,29-,30+,31-/m0/s1. The zero-order chi connectivity index (χ0) is 28.5. The predicted molar refractivity (Wildman–Crippen MR) is 143 cm³/mol. The molecule has 1 aliphatic heterocycles. The van der Waals surface area contributed by atoms with Gasteiger partial charge in [0.05, 0.1) is 11.7 Å². The number of esters is 3. The van der Waals surface area contributed by atoms with Crippen molar-refractivity contribution < 1.29 is 38.4 Å². The summed E-state index contributed by atoms with van der Waals surface area (Å²) in [6.45, 7) is 12.6. The Hall–Kier alpha value is -3.23. The molecule has 1 aromatic rings. The maximum atomic E-state index is 13.4. The highest BCUT2D eigenvalue weighted by atomic mass is 16.8. The topological polar surface area (TPSA) is 108 Å². The minimum Gasteiger partial charge on any atom is -0.458 e. The monoisotopic (exact) mass is 538 g/mol. The normalized spacial score (nSPS) is 35.6. The van der Waals surface area contributed by atoms with Crippen LogP contribution in [0.2, 0.25) is 0 Å².